The molecule has 2 fully saturated rings. The van der Waals surface area contributed by atoms with Crippen LogP contribution in [0.4, 0.5) is 13.2 Å². The molecular weight excluding hydrogens is 505 g/mol. The van der Waals surface area contributed by atoms with E-state index in [-0.39, 0.29) is 17.6 Å². The van der Waals surface area contributed by atoms with Gasteiger partial charge in [-0.25, -0.2) is 0 Å². The van der Waals surface area contributed by atoms with Crippen molar-refractivity contribution in [3.63, 3.8) is 0 Å². The fourth-order valence-corrected chi connectivity index (χ4v) is 5.57. The summed E-state index contributed by atoms with van der Waals surface area (Å²) in [4.78, 5) is 17.8. The monoisotopic (exact) mass is 534 g/mol. The fraction of sp³-hybridized carbons (Fsp3) is 0.444. The number of benzene rings is 2. The molecule has 0 saturated carbocycles. The summed E-state index contributed by atoms with van der Waals surface area (Å²) in [6, 6.07) is 11.9. The van der Waals surface area contributed by atoms with Gasteiger partial charge in [0.1, 0.15) is 5.75 Å². The molecule has 3 heterocycles. The van der Waals surface area contributed by atoms with Crippen molar-refractivity contribution >= 4 is 28.4 Å². The van der Waals surface area contributed by atoms with Crippen molar-refractivity contribution in [2.24, 2.45) is 0 Å². The Morgan fingerprint density at radius 2 is 1.76 bits per heavy atom. The van der Waals surface area contributed by atoms with Crippen molar-refractivity contribution in [1.82, 2.24) is 19.7 Å². The zero-order valence-corrected chi connectivity index (χ0v) is 21.2. The second kappa shape index (κ2) is 10.9. The maximum absolute atomic E-state index is 13.6. The number of hydrogen-bond acceptors (Lipinski definition) is 4. The van der Waals surface area contributed by atoms with Gasteiger partial charge in [-0.2, -0.15) is 0 Å². The van der Waals surface area contributed by atoms with Crippen molar-refractivity contribution in [2.45, 2.75) is 31.7 Å². The van der Waals surface area contributed by atoms with E-state index in [1.165, 1.54) is 12.1 Å². The number of ether oxygens (including phenoxy) is 1. The molecule has 1 N–H and O–H groups in total. The van der Waals surface area contributed by atoms with Crippen LogP contribution in [0.25, 0.3) is 10.9 Å². The predicted molar refractivity (Wildman–Crippen MR) is 137 cm³/mol. The maximum atomic E-state index is 13.6. The quantitative estimate of drug-likeness (QED) is 0.477. The first-order chi connectivity index (χ1) is 17.8. The number of alkyl halides is 3. The fourth-order valence-electron chi connectivity index (χ4n) is 5.40. The summed E-state index contributed by atoms with van der Waals surface area (Å²) in [5.41, 5.74) is 2.09. The Kier molecular flexibility index (Phi) is 7.65. The minimum absolute atomic E-state index is 0.0634. The molecule has 37 heavy (non-hydrogen) atoms. The lowest BCUT2D eigenvalue weighted by Crippen LogP contribution is -2.44. The number of piperazine rings is 1. The van der Waals surface area contributed by atoms with Gasteiger partial charge in [0.2, 0.25) is 0 Å². The molecule has 6 nitrogen and oxygen atoms in total. The number of nitrogens with one attached hydrogen (secondary N) is 1. The van der Waals surface area contributed by atoms with Gasteiger partial charge in [0.15, 0.2) is 0 Å². The van der Waals surface area contributed by atoms with Crippen molar-refractivity contribution in [2.75, 3.05) is 45.8 Å². The molecule has 3 aromatic rings. The number of fused-ring (bicyclic) bond motifs is 1. The molecule has 2 saturated heterocycles. The van der Waals surface area contributed by atoms with Gasteiger partial charge < -0.3 is 19.5 Å². The van der Waals surface area contributed by atoms with Gasteiger partial charge >= 0.3 is 6.36 Å². The average Bonchev–Trinajstić information content (AvgIpc) is 3.25. The molecule has 2 aliphatic heterocycles. The predicted octanol–water partition coefficient (Wildman–Crippen LogP) is 5.12. The highest BCUT2D eigenvalue weighted by Crippen LogP contribution is 2.37. The van der Waals surface area contributed by atoms with Gasteiger partial charge in [-0.15, -0.1) is 13.2 Å². The van der Waals surface area contributed by atoms with Gasteiger partial charge in [0.25, 0.3) is 5.91 Å². The molecule has 1 aromatic heterocycles. The minimum atomic E-state index is -4.74. The molecule has 1 amide bonds. The summed E-state index contributed by atoms with van der Waals surface area (Å²) in [7, 11) is 0. The second-order valence-corrected chi connectivity index (χ2v) is 10.1. The van der Waals surface area contributed by atoms with Gasteiger partial charge in [-0.3, -0.25) is 9.69 Å². The standard InChI is InChI=1S/C27H30ClF3N4O2/c28-20-5-6-22-23(18-35(24(22)17-20)16-15-33-13-9-32-10-14-33)26(36)34-11-7-19(8-12-34)21-3-1-2-4-25(21)37-27(29,30)31/h1-6,17-19,32H,7-16H2. The van der Waals surface area contributed by atoms with Crippen molar-refractivity contribution in [1.29, 1.82) is 0 Å². The molecule has 0 radical (unpaired) electrons. The largest absolute Gasteiger partial charge is 0.573 e. The molecule has 0 unspecified atom stereocenters. The van der Waals surface area contributed by atoms with Crippen LogP contribution in [0, 0.1) is 0 Å². The Labute approximate surface area is 218 Å². The summed E-state index contributed by atoms with van der Waals surface area (Å²) in [5.74, 6) is -0.336. The number of nitrogens with zero attached hydrogens (tertiary/aromatic N) is 3. The van der Waals surface area contributed by atoms with Crippen molar-refractivity contribution in [3.8, 4) is 5.75 Å². The average molecular weight is 535 g/mol. The number of likely N-dealkylation sites (tertiary alicyclic amines) is 1. The Hall–Kier alpha value is -2.75. The van der Waals surface area contributed by atoms with Crippen LogP contribution in [0.1, 0.15) is 34.7 Å². The molecule has 2 aromatic carbocycles. The summed E-state index contributed by atoms with van der Waals surface area (Å²) in [5, 5.41) is 4.84. The van der Waals surface area contributed by atoms with E-state index in [1.807, 2.05) is 18.3 Å². The molecule has 198 valence electrons. The Bertz CT molecular complexity index is 1250. The van der Waals surface area contributed by atoms with E-state index in [4.69, 9.17) is 11.6 Å². The lowest BCUT2D eigenvalue weighted by atomic mass is 9.88. The molecule has 0 atom stereocenters. The van der Waals surface area contributed by atoms with E-state index in [2.05, 4.69) is 19.5 Å². The number of carbonyl (C=O) groups is 1. The van der Waals surface area contributed by atoms with E-state index >= 15 is 0 Å². The van der Waals surface area contributed by atoms with Gasteiger partial charge in [-0.05, 0) is 42.5 Å². The van der Waals surface area contributed by atoms with E-state index in [0.717, 1.165) is 50.2 Å². The van der Waals surface area contributed by atoms with Crippen LogP contribution in [-0.4, -0.2) is 72.4 Å². The zero-order valence-electron chi connectivity index (χ0n) is 20.4. The molecule has 0 spiro atoms. The third-order valence-electron chi connectivity index (χ3n) is 7.31. The number of piperidine rings is 1. The van der Waals surface area contributed by atoms with Gasteiger partial charge in [-0.1, -0.05) is 35.9 Å². The number of carbonyl (C=O) groups excluding carboxylic acids is 1. The highest BCUT2D eigenvalue weighted by Gasteiger charge is 2.34. The molecule has 10 heteroatoms. The Balaban J connectivity index is 1.30. The number of para-hydroxylation sites is 1. The number of halogens is 4. The summed E-state index contributed by atoms with van der Waals surface area (Å²) >= 11 is 6.30. The lowest BCUT2D eigenvalue weighted by molar-refractivity contribution is -0.275. The first-order valence-corrected chi connectivity index (χ1v) is 13.0. The van der Waals surface area contributed by atoms with Crippen LogP contribution in [-0.2, 0) is 6.54 Å². The first-order valence-electron chi connectivity index (χ1n) is 12.6. The maximum Gasteiger partial charge on any atom is 0.573 e. The topological polar surface area (TPSA) is 49.7 Å². The number of hydrogen-bond donors (Lipinski definition) is 1. The molecule has 0 aliphatic carbocycles. The van der Waals surface area contributed by atoms with Crippen LogP contribution in [0.15, 0.2) is 48.7 Å². The summed E-state index contributed by atoms with van der Waals surface area (Å²) in [6.45, 7) is 6.51. The number of amides is 1. The normalized spacial score (nSPS) is 17.9. The van der Waals surface area contributed by atoms with E-state index in [0.29, 0.717) is 42.1 Å². The van der Waals surface area contributed by atoms with Gasteiger partial charge in [0.05, 0.1) is 11.1 Å². The van der Waals surface area contributed by atoms with E-state index < -0.39 is 6.36 Å². The van der Waals surface area contributed by atoms with Crippen molar-refractivity contribution in [3.05, 3.63) is 64.8 Å². The third kappa shape index (κ3) is 6.05. The number of aromatic nitrogens is 1. The zero-order chi connectivity index (χ0) is 26.0. The highest BCUT2D eigenvalue weighted by atomic mass is 35.5. The highest BCUT2D eigenvalue weighted by molar-refractivity contribution is 6.31. The molecule has 2 aliphatic rings. The first kappa shape index (κ1) is 25.9. The molecule has 0 bridgehead atoms. The van der Waals surface area contributed by atoms with Crippen LogP contribution in [0.3, 0.4) is 0 Å². The van der Waals surface area contributed by atoms with Gasteiger partial charge in [0, 0.05) is 69.0 Å². The van der Waals surface area contributed by atoms with Crippen LogP contribution in [0.5, 0.6) is 5.75 Å². The molecular formula is C27H30ClF3N4O2. The Morgan fingerprint density at radius 3 is 2.49 bits per heavy atom. The molecule has 5 rings (SSSR count). The number of rotatable bonds is 6. The lowest BCUT2D eigenvalue weighted by Gasteiger charge is -2.33. The third-order valence-corrected chi connectivity index (χ3v) is 7.54. The minimum Gasteiger partial charge on any atom is -0.405 e. The van der Waals surface area contributed by atoms with E-state index in [9.17, 15) is 18.0 Å². The smallest absolute Gasteiger partial charge is 0.405 e. The second-order valence-electron chi connectivity index (χ2n) is 9.64. The SMILES string of the molecule is O=C(c1cn(CCN2CCNCC2)c2cc(Cl)ccc12)N1CCC(c2ccccc2OC(F)(F)F)CC1. The van der Waals surface area contributed by atoms with Crippen molar-refractivity contribution < 1.29 is 22.7 Å². The van der Waals surface area contributed by atoms with Crippen LogP contribution in [0.2, 0.25) is 5.02 Å². The van der Waals surface area contributed by atoms with Crippen LogP contribution >= 0.6 is 11.6 Å². The Morgan fingerprint density at radius 1 is 1.03 bits per heavy atom. The summed E-state index contributed by atoms with van der Waals surface area (Å²) in [6.07, 6.45) is -1.69. The van der Waals surface area contributed by atoms with Crippen LogP contribution < -0.4 is 10.1 Å². The van der Waals surface area contributed by atoms with E-state index in [1.54, 1.807) is 23.1 Å². The summed E-state index contributed by atoms with van der Waals surface area (Å²) < 4.78 is 45.0.